The number of nitrogens with zero attached hydrogens (tertiary/aromatic N) is 1. The highest BCUT2D eigenvalue weighted by molar-refractivity contribution is 6.06. The molecule has 0 aliphatic carbocycles. The van der Waals surface area contributed by atoms with Gasteiger partial charge in [-0.2, -0.15) is 0 Å². The Morgan fingerprint density at radius 2 is 1.37 bits per heavy atom. The van der Waals surface area contributed by atoms with Crippen LogP contribution in [-0.4, -0.2) is 55.1 Å². The molecule has 0 saturated heterocycles. The molecule has 0 fully saturated rings. The quantitative estimate of drug-likeness (QED) is 0.208. The number of carboxylic acid groups (broad SMARTS) is 1. The van der Waals surface area contributed by atoms with Crippen molar-refractivity contribution in [1.82, 2.24) is 10.2 Å². The molecule has 2 N–H and O–H groups in total. The van der Waals surface area contributed by atoms with Gasteiger partial charge in [-0.1, -0.05) is 66.2 Å². The molecule has 0 spiro atoms. The van der Waals surface area contributed by atoms with E-state index in [1.54, 1.807) is 49.5 Å². The van der Waals surface area contributed by atoms with Crippen LogP contribution >= 0.6 is 0 Å². The number of amides is 2. The van der Waals surface area contributed by atoms with Gasteiger partial charge in [-0.3, -0.25) is 14.4 Å². The Morgan fingerprint density at radius 1 is 0.744 bits per heavy atom. The summed E-state index contributed by atoms with van der Waals surface area (Å²) in [6.45, 7) is 2.67. The molecule has 0 aliphatic heterocycles. The van der Waals surface area contributed by atoms with Crippen LogP contribution in [0.15, 0.2) is 91.0 Å². The first-order chi connectivity index (χ1) is 20.8. The fourth-order valence-electron chi connectivity index (χ4n) is 4.91. The molecule has 0 radical (unpaired) electrons. The van der Waals surface area contributed by atoms with E-state index in [-0.39, 0.29) is 31.3 Å². The predicted molar refractivity (Wildman–Crippen MR) is 166 cm³/mol. The Labute approximate surface area is 251 Å². The van der Waals surface area contributed by atoms with Crippen LogP contribution in [0.3, 0.4) is 0 Å². The van der Waals surface area contributed by atoms with Crippen LogP contribution in [0, 0.1) is 6.92 Å². The second-order valence-electron chi connectivity index (χ2n) is 10.2. The van der Waals surface area contributed by atoms with E-state index < -0.39 is 5.97 Å². The minimum Gasteiger partial charge on any atom is -0.497 e. The van der Waals surface area contributed by atoms with Crippen molar-refractivity contribution in [2.24, 2.45) is 0 Å². The van der Waals surface area contributed by atoms with Gasteiger partial charge in [-0.05, 0) is 59.9 Å². The summed E-state index contributed by atoms with van der Waals surface area (Å²) in [5.74, 6) is -0.318. The smallest absolute Gasteiger partial charge is 0.305 e. The first kappa shape index (κ1) is 30.8. The third-order valence-corrected chi connectivity index (χ3v) is 7.12. The van der Waals surface area contributed by atoms with Gasteiger partial charge in [-0.15, -0.1) is 0 Å². The van der Waals surface area contributed by atoms with Gasteiger partial charge < -0.3 is 24.8 Å². The van der Waals surface area contributed by atoms with Crippen LogP contribution in [0.4, 0.5) is 0 Å². The number of carbonyl (C=O) groups excluding carboxylic acids is 2. The Kier molecular flexibility index (Phi) is 10.5. The molecule has 4 rings (SSSR count). The van der Waals surface area contributed by atoms with Crippen LogP contribution in [-0.2, 0) is 17.8 Å². The number of benzene rings is 4. The van der Waals surface area contributed by atoms with Crippen LogP contribution < -0.4 is 14.8 Å². The lowest BCUT2D eigenvalue weighted by Crippen LogP contribution is -2.35. The Bertz CT molecular complexity index is 1580. The number of carbonyl (C=O) groups is 3. The van der Waals surface area contributed by atoms with E-state index >= 15 is 0 Å². The third kappa shape index (κ3) is 8.23. The lowest BCUT2D eigenvalue weighted by molar-refractivity contribution is -0.137. The molecule has 0 aliphatic rings. The molecule has 0 unspecified atom stereocenters. The van der Waals surface area contributed by atoms with Crippen molar-refractivity contribution < 1.29 is 29.0 Å². The van der Waals surface area contributed by atoms with Gasteiger partial charge in [0.2, 0.25) is 0 Å². The first-order valence-electron chi connectivity index (χ1n) is 14.0. The van der Waals surface area contributed by atoms with E-state index in [0.717, 1.165) is 16.7 Å². The first-order valence-corrected chi connectivity index (χ1v) is 14.0. The minimum atomic E-state index is -0.996. The van der Waals surface area contributed by atoms with Crippen molar-refractivity contribution in [1.29, 1.82) is 0 Å². The molecule has 0 heterocycles. The molecular weight excluding hydrogens is 544 g/mol. The number of rotatable bonds is 13. The summed E-state index contributed by atoms with van der Waals surface area (Å²) in [7, 11) is 3.14. The Balaban J connectivity index is 1.61. The molecule has 2 amide bonds. The average Bonchev–Trinajstić information content (AvgIpc) is 3.03. The molecule has 0 bridgehead atoms. The number of nitrogens with one attached hydrogen (secondary N) is 1. The second-order valence-corrected chi connectivity index (χ2v) is 10.2. The zero-order valence-corrected chi connectivity index (χ0v) is 24.6. The third-order valence-electron chi connectivity index (χ3n) is 7.12. The standard InChI is InChI=1S/C35H36N2O6/c1-24-9-8-10-26(19-24)23-36-34(40)31-13-6-4-11-29(31)30-12-5-7-14-32(30)35(41)37(18-16-33(38)39)17-15-25-20-27(42-2)22-28(21-25)43-3/h4-14,19-22H,15-18,23H2,1-3H3,(H,36,40)(H,38,39). The molecule has 0 saturated carbocycles. The van der Waals surface area contributed by atoms with E-state index in [0.29, 0.717) is 46.7 Å². The number of aryl methyl sites for hydroxylation is 1. The highest BCUT2D eigenvalue weighted by Gasteiger charge is 2.23. The summed E-state index contributed by atoms with van der Waals surface area (Å²) in [6, 6.07) is 27.7. The van der Waals surface area contributed by atoms with Crippen molar-refractivity contribution in [2.45, 2.75) is 26.3 Å². The van der Waals surface area contributed by atoms with Gasteiger partial charge in [0.25, 0.3) is 11.8 Å². The number of methoxy groups -OCH3 is 2. The van der Waals surface area contributed by atoms with Crippen LogP contribution in [0.5, 0.6) is 11.5 Å². The largest absolute Gasteiger partial charge is 0.497 e. The molecule has 0 atom stereocenters. The van der Waals surface area contributed by atoms with E-state index in [9.17, 15) is 19.5 Å². The van der Waals surface area contributed by atoms with Crippen LogP contribution in [0.25, 0.3) is 11.1 Å². The molecule has 8 heteroatoms. The number of aliphatic carboxylic acids is 1. The maximum absolute atomic E-state index is 14.0. The van der Waals surface area contributed by atoms with Crippen molar-refractivity contribution >= 4 is 17.8 Å². The van der Waals surface area contributed by atoms with Crippen LogP contribution in [0.2, 0.25) is 0 Å². The highest BCUT2D eigenvalue weighted by atomic mass is 16.5. The molecular formula is C35H36N2O6. The normalized spacial score (nSPS) is 10.6. The van der Waals surface area contributed by atoms with Gasteiger partial charge in [-0.25, -0.2) is 0 Å². The number of hydrogen-bond donors (Lipinski definition) is 2. The zero-order chi connectivity index (χ0) is 30.8. The maximum Gasteiger partial charge on any atom is 0.305 e. The van der Waals surface area contributed by atoms with Crippen LogP contribution in [0.1, 0.15) is 43.8 Å². The predicted octanol–water partition coefficient (Wildman–Crippen LogP) is 5.77. The lowest BCUT2D eigenvalue weighted by Gasteiger charge is -2.24. The van der Waals surface area contributed by atoms with Gasteiger partial charge in [0.15, 0.2) is 0 Å². The Hall–Kier alpha value is -5.11. The SMILES string of the molecule is COc1cc(CCN(CCC(=O)O)C(=O)c2ccccc2-c2ccccc2C(=O)NCc2cccc(C)c2)cc(OC)c1. The minimum absolute atomic E-state index is 0.0300. The topological polar surface area (TPSA) is 105 Å². The lowest BCUT2D eigenvalue weighted by atomic mass is 9.94. The highest BCUT2D eigenvalue weighted by Crippen LogP contribution is 2.29. The van der Waals surface area contributed by atoms with Crippen molar-refractivity contribution in [3.05, 3.63) is 119 Å². The summed E-state index contributed by atoms with van der Waals surface area (Å²) in [4.78, 5) is 40.4. The molecule has 4 aromatic rings. The Morgan fingerprint density at radius 3 is 2.00 bits per heavy atom. The molecule has 0 aromatic heterocycles. The van der Waals surface area contributed by atoms with Gasteiger partial charge in [0.1, 0.15) is 11.5 Å². The fourth-order valence-corrected chi connectivity index (χ4v) is 4.91. The van der Waals surface area contributed by atoms with Gasteiger partial charge in [0, 0.05) is 36.8 Å². The average molecular weight is 581 g/mol. The molecule has 8 nitrogen and oxygen atoms in total. The number of ether oxygens (including phenoxy) is 2. The zero-order valence-electron chi connectivity index (χ0n) is 24.6. The maximum atomic E-state index is 14.0. The summed E-state index contributed by atoms with van der Waals surface area (Å²) in [5, 5.41) is 12.4. The summed E-state index contributed by atoms with van der Waals surface area (Å²) < 4.78 is 10.7. The molecule has 4 aromatic carbocycles. The van der Waals surface area contributed by atoms with E-state index in [2.05, 4.69) is 5.32 Å². The summed E-state index contributed by atoms with van der Waals surface area (Å²) in [6.07, 6.45) is 0.256. The number of hydrogen-bond acceptors (Lipinski definition) is 5. The van der Waals surface area contributed by atoms with Crippen molar-refractivity contribution in [2.75, 3.05) is 27.3 Å². The van der Waals surface area contributed by atoms with Gasteiger partial charge >= 0.3 is 5.97 Å². The van der Waals surface area contributed by atoms with Crippen molar-refractivity contribution in [3.63, 3.8) is 0 Å². The fraction of sp³-hybridized carbons (Fsp3) is 0.229. The second kappa shape index (κ2) is 14.7. The van der Waals surface area contributed by atoms with E-state index in [1.165, 1.54) is 0 Å². The van der Waals surface area contributed by atoms with Crippen molar-refractivity contribution in [3.8, 4) is 22.6 Å². The molecule has 222 valence electrons. The number of carboxylic acids is 1. The molecule has 43 heavy (non-hydrogen) atoms. The van der Waals surface area contributed by atoms with E-state index in [1.807, 2.05) is 67.6 Å². The van der Waals surface area contributed by atoms with Gasteiger partial charge in [0.05, 0.1) is 20.6 Å². The van der Waals surface area contributed by atoms with E-state index in [4.69, 9.17) is 9.47 Å². The summed E-state index contributed by atoms with van der Waals surface area (Å²) >= 11 is 0. The summed E-state index contributed by atoms with van der Waals surface area (Å²) in [5.41, 5.74) is 5.02. The monoisotopic (exact) mass is 580 g/mol.